The zero-order valence-corrected chi connectivity index (χ0v) is 21.0. The lowest BCUT2D eigenvalue weighted by Crippen LogP contribution is -2.09. The van der Waals surface area contributed by atoms with E-state index in [2.05, 4.69) is 34.7 Å². The number of carbonyl (C=O) groups excluding carboxylic acids is 1. The second kappa shape index (κ2) is 8.85. The first-order valence-corrected chi connectivity index (χ1v) is 12.3. The van der Waals surface area contributed by atoms with Gasteiger partial charge in [-0.3, -0.25) is 4.79 Å². The van der Waals surface area contributed by atoms with Crippen molar-refractivity contribution in [1.29, 1.82) is 0 Å². The van der Waals surface area contributed by atoms with E-state index in [9.17, 15) is 4.79 Å². The molecule has 2 aromatic carbocycles. The van der Waals surface area contributed by atoms with E-state index in [0.717, 1.165) is 59.8 Å². The monoisotopic (exact) mass is 489 g/mol. The number of hydrogen-bond donors (Lipinski definition) is 0. The molecule has 0 spiro atoms. The predicted octanol–water partition coefficient (Wildman–Crippen LogP) is 6.89. The number of fused-ring (bicyclic) bond motifs is 2. The molecule has 5 rings (SSSR count). The average Bonchev–Trinajstić information content (AvgIpc) is 3.35. The Morgan fingerprint density at radius 3 is 2.62 bits per heavy atom. The largest absolute Gasteiger partial charge is 0.466 e. The summed E-state index contributed by atoms with van der Waals surface area (Å²) in [6.07, 6.45) is 2.09. The molecule has 0 N–H and O–H groups in total. The molecule has 0 aliphatic heterocycles. The molecule has 0 radical (unpaired) electrons. The Morgan fingerprint density at radius 1 is 1.12 bits per heavy atom. The number of benzene rings is 2. The van der Waals surface area contributed by atoms with E-state index >= 15 is 0 Å². The Balaban J connectivity index is 1.71. The van der Waals surface area contributed by atoms with Crippen LogP contribution in [0.2, 0.25) is 5.02 Å². The first-order chi connectivity index (χ1) is 16.4. The molecule has 0 bridgehead atoms. The number of halogens is 1. The maximum absolute atomic E-state index is 12.5. The van der Waals surface area contributed by atoms with Crippen molar-refractivity contribution in [3.05, 3.63) is 70.5 Å². The summed E-state index contributed by atoms with van der Waals surface area (Å²) in [5.41, 5.74) is 7.97. The van der Waals surface area contributed by atoms with Gasteiger partial charge in [0.05, 0.1) is 23.2 Å². The predicted molar refractivity (Wildman–Crippen MR) is 140 cm³/mol. The zero-order valence-electron chi connectivity index (χ0n) is 19.5. The van der Waals surface area contributed by atoms with Crippen LogP contribution in [0.4, 0.5) is 0 Å². The van der Waals surface area contributed by atoms with Crippen molar-refractivity contribution in [3.63, 3.8) is 0 Å². The van der Waals surface area contributed by atoms with Crippen molar-refractivity contribution in [2.45, 2.75) is 27.2 Å². The van der Waals surface area contributed by atoms with Crippen molar-refractivity contribution >= 4 is 50.2 Å². The molecule has 3 heterocycles. The molecular formula is C27H24ClN3O2S. The molecule has 0 aliphatic rings. The van der Waals surface area contributed by atoms with Gasteiger partial charge in [-0.15, -0.1) is 11.3 Å². The average molecular weight is 490 g/mol. The minimum absolute atomic E-state index is 0.206. The highest BCUT2D eigenvalue weighted by atomic mass is 35.5. The van der Waals surface area contributed by atoms with Crippen molar-refractivity contribution in [1.82, 2.24) is 14.5 Å². The van der Waals surface area contributed by atoms with Crippen LogP contribution in [0.25, 0.3) is 42.9 Å². The van der Waals surface area contributed by atoms with E-state index in [4.69, 9.17) is 21.3 Å². The van der Waals surface area contributed by atoms with E-state index < -0.39 is 0 Å². The Bertz CT molecular complexity index is 1550. The topological polar surface area (TPSA) is 57.0 Å². The third-order valence-electron chi connectivity index (χ3n) is 6.12. The molecule has 5 nitrogen and oxygen atoms in total. The van der Waals surface area contributed by atoms with Gasteiger partial charge in [0.2, 0.25) is 0 Å². The lowest BCUT2D eigenvalue weighted by atomic mass is 9.93. The molecule has 34 heavy (non-hydrogen) atoms. The molecule has 0 aliphatic carbocycles. The lowest BCUT2D eigenvalue weighted by molar-refractivity contribution is -0.142. The Hall–Kier alpha value is -3.22. The molecule has 3 aromatic heterocycles. The van der Waals surface area contributed by atoms with Gasteiger partial charge in [0.1, 0.15) is 10.7 Å². The zero-order chi connectivity index (χ0) is 24.0. The number of nitrogens with zero attached hydrogens (tertiary/aromatic N) is 3. The summed E-state index contributed by atoms with van der Waals surface area (Å²) in [5.74, 6) is -0.237. The number of thiazole rings is 1. The SMILES string of the molecule is CCOC(=O)Cc1c(C)cc2nc(-c3cnc4c(c3)cc(C)n4C)sc2c1-c1ccc(Cl)cc1. The number of pyridine rings is 1. The van der Waals surface area contributed by atoms with Gasteiger partial charge in [0, 0.05) is 40.5 Å². The van der Waals surface area contributed by atoms with E-state index in [1.807, 2.05) is 51.4 Å². The van der Waals surface area contributed by atoms with Gasteiger partial charge in [-0.1, -0.05) is 23.7 Å². The second-order valence-corrected chi connectivity index (χ2v) is 9.82. The fourth-order valence-electron chi connectivity index (χ4n) is 4.33. The van der Waals surface area contributed by atoms with Crippen molar-refractivity contribution in [3.8, 4) is 21.7 Å². The van der Waals surface area contributed by atoms with Gasteiger partial charge in [0.15, 0.2) is 0 Å². The van der Waals surface area contributed by atoms with Gasteiger partial charge < -0.3 is 9.30 Å². The molecule has 0 amide bonds. The summed E-state index contributed by atoms with van der Waals surface area (Å²) in [6.45, 7) is 6.27. The van der Waals surface area contributed by atoms with Crippen molar-refractivity contribution in [2.75, 3.05) is 6.61 Å². The number of aromatic nitrogens is 3. The van der Waals surface area contributed by atoms with E-state index in [-0.39, 0.29) is 12.4 Å². The number of rotatable bonds is 5. The number of ether oxygens (including phenoxy) is 1. The highest BCUT2D eigenvalue weighted by Crippen LogP contribution is 2.41. The summed E-state index contributed by atoms with van der Waals surface area (Å²) in [6, 6.07) is 14.1. The van der Waals surface area contributed by atoms with Crippen molar-refractivity contribution in [2.24, 2.45) is 7.05 Å². The Labute approximate surface area is 207 Å². The molecular weight excluding hydrogens is 466 g/mol. The molecule has 0 atom stereocenters. The van der Waals surface area contributed by atoms with E-state index in [1.54, 1.807) is 11.3 Å². The second-order valence-electron chi connectivity index (χ2n) is 8.38. The molecule has 0 saturated heterocycles. The minimum atomic E-state index is -0.237. The number of aryl methyl sites for hydroxylation is 3. The normalized spacial score (nSPS) is 11.4. The van der Waals surface area contributed by atoms with Crippen LogP contribution in [0, 0.1) is 13.8 Å². The molecule has 5 aromatic rings. The molecule has 172 valence electrons. The smallest absolute Gasteiger partial charge is 0.310 e. The number of hydrogen-bond acceptors (Lipinski definition) is 5. The quantitative estimate of drug-likeness (QED) is 0.252. The summed E-state index contributed by atoms with van der Waals surface area (Å²) >= 11 is 7.78. The van der Waals surface area contributed by atoms with Crippen LogP contribution in [0.15, 0.2) is 48.7 Å². The lowest BCUT2D eigenvalue weighted by Gasteiger charge is -2.14. The minimum Gasteiger partial charge on any atom is -0.466 e. The molecule has 0 fully saturated rings. The summed E-state index contributed by atoms with van der Waals surface area (Å²) in [4.78, 5) is 22.1. The summed E-state index contributed by atoms with van der Waals surface area (Å²) in [5, 5.41) is 2.66. The maximum atomic E-state index is 12.5. The molecule has 7 heteroatoms. The molecule has 0 saturated carbocycles. The van der Waals surface area contributed by atoms with Crippen LogP contribution >= 0.6 is 22.9 Å². The maximum Gasteiger partial charge on any atom is 0.310 e. The van der Waals surface area contributed by atoms with Gasteiger partial charge in [-0.2, -0.15) is 0 Å². The van der Waals surface area contributed by atoms with Crippen LogP contribution in [-0.2, 0) is 23.0 Å². The Morgan fingerprint density at radius 2 is 1.88 bits per heavy atom. The van der Waals surface area contributed by atoms with Gasteiger partial charge in [-0.25, -0.2) is 9.97 Å². The number of carbonyl (C=O) groups is 1. The summed E-state index contributed by atoms with van der Waals surface area (Å²) < 4.78 is 8.39. The van der Waals surface area contributed by atoms with E-state index in [1.165, 1.54) is 0 Å². The number of esters is 1. The van der Waals surface area contributed by atoms with Crippen LogP contribution < -0.4 is 0 Å². The highest BCUT2D eigenvalue weighted by Gasteiger charge is 2.20. The van der Waals surface area contributed by atoms with E-state index in [0.29, 0.717) is 11.6 Å². The van der Waals surface area contributed by atoms with Crippen LogP contribution in [0.5, 0.6) is 0 Å². The van der Waals surface area contributed by atoms with Gasteiger partial charge >= 0.3 is 5.97 Å². The third kappa shape index (κ3) is 3.97. The van der Waals surface area contributed by atoms with Gasteiger partial charge in [-0.05, 0) is 67.8 Å². The third-order valence-corrected chi connectivity index (χ3v) is 7.51. The van der Waals surface area contributed by atoms with Crippen LogP contribution in [0.1, 0.15) is 23.7 Å². The standard InChI is InChI=1S/C27H24ClN3O2S/c1-5-33-23(32)13-21-15(2)10-22-25(24(21)17-6-8-20(28)9-7-17)34-27(30-22)19-12-18-11-16(3)31(4)26(18)29-14-19/h6-12,14H,5,13H2,1-4H3. The molecule has 0 unspecified atom stereocenters. The fraction of sp³-hybridized carbons (Fsp3) is 0.222. The highest BCUT2D eigenvalue weighted by molar-refractivity contribution is 7.22. The summed E-state index contributed by atoms with van der Waals surface area (Å²) in [7, 11) is 2.02. The fourth-order valence-corrected chi connectivity index (χ4v) is 5.58. The van der Waals surface area contributed by atoms with Gasteiger partial charge in [0.25, 0.3) is 0 Å². The Kier molecular flexibility index (Phi) is 5.88. The first kappa shape index (κ1) is 22.6. The van der Waals surface area contributed by atoms with Crippen LogP contribution in [0.3, 0.4) is 0 Å². The van der Waals surface area contributed by atoms with Crippen LogP contribution in [-0.4, -0.2) is 27.1 Å². The first-order valence-electron chi connectivity index (χ1n) is 11.1. The van der Waals surface area contributed by atoms with Crippen molar-refractivity contribution < 1.29 is 9.53 Å².